The van der Waals surface area contributed by atoms with Gasteiger partial charge in [0.15, 0.2) is 0 Å². The molecule has 2 N–H and O–H groups in total. The van der Waals surface area contributed by atoms with Gasteiger partial charge in [-0.15, -0.1) is 0 Å². The van der Waals surface area contributed by atoms with Crippen LogP contribution in [-0.2, 0) is 13.6 Å². The van der Waals surface area contributed by atoms with Crippen LogP contribution in [0.4, 0.5) is 0 Å². The van der Waals surface area contributed by atoms with E-state index in [2.05, 4.69) is 17.3 Å². The zero-order valence-electron chi connectivity index (χ0n) is 10.7. The first-order valence-electron chi connectivity index (χ1n) is 5.56. The van der Waals surface area contributed by atoms with Crippen molar-refractivity contribution in [2.45, 2.75) is 31.7 Å². The molecule has 1 aromatic rings. The van der Waals surface area contributed by atoms with E-state index >= 15 is 0 Å². The molecule has 17 heavy (non-hydrogen) atoms. The summed E-state index contributed by atoms with van der Waals surface area (Å²) in [6, 6.07) is 0.223. The van der Waals surface area contributed by atoms with Gasteiger partial charge in [-0.25, -0.2) is 0 Å². The van der Waals surface area contributed by atoms with Crippen LogP contribution in [0, 0.1) is 6.92 Å². The second-order valence-corrected chi connectivity index (χ2v) is 5.55. The van der Waals surface area contributed by atoms with Crippen LogP contribution < -0.4 is 5.32 Å². The summed E-state index contributed by atoms with van der Waals surface area (Å²) < 4.78 is 1.80. The van der Waals surface area contributed by atoms with Gasteiger partial charge in [-0.1, -0.05) is 11.6 Å². The number of nitrogens with zero attached hydrogens (tertiary/aromatic N) is 2. The molecule has 0 radical (unpaired) electrons. The lowest BCUT2D eigenvalue weighted by atomic mass is 10.2. The topological polar surface area (TPSA) is 50.1 Å². The van der Waals surface area contributed by atoms with Crippen molar-refractivity contribution in [1.29, 1.82) is 0 Å². The summed E-state index contributed by atoms with van der Waals surface area (Å²) in [5, 5.41) is 17.8. The minimum absolute atomic E-state index is 0.174. The summed E-state index contributed by atoms with van der Waals surface area (Å²) in [6.07, 6.45) is 2.00. The second-order valence-electron chi connectivity index (χ2n) is 4.10. The van der Waals surface area contributed by atoms with Gasteiger partial charge in [-0.3, -0.25) is 4.68 Å². The molecular weight excluding hydrogens is 258 g/mol. The molecule has 0 spiro atoms. The van der Waals surface area contributed by atoms with Crippen LogP contribution >= 0.6 is 23.4 Å². The van der Waals surface area contributed by atoms with E-state index in [9.17, 15) is 5.11 Å². The highest BCUT2D eigenvalue weighted by atomic mass is 35.5. The largest absolute Gasteiger partial charge is 0.395 e. The maximum atomic E-state index is 9.20. The van der Waals surface area contributed by atoms with Crippen molar-refractivity contribution in [1.82, 2.24) is 15.1 Å². The van der Waals surface area contributed by atoms with Crippen LogP contribution in [0.15, 0.2) is 0 Å². The van der Waals surface area contributed by atoms with Crippen molar-refractivity contribution >= 4 is 23.4 Å². The molecule has 2 atom stereocenters. The number of hydrogen-bond acceptors (Lipinski definition) is 4. The minimum atomic E-state index is 0.174. The number of thioether (sulfide) groups is 1. The highest BCUT2D eigenvalue weighted by molar-refractivity contribution is 7.99. The predicted octanol–water partition coefficient (Wildman–Crippen LogP) is 1.58. The predicted molar refractivity (Wildman–Crippen MR) is 73.6 cm³/mol. The molecule has 0 saturated carbocycles. The summed E-state index contributed by atoms with van der Waals surface area (Å²) in [4.78, 5) is 0. The number of aryl methyl sites for hydroxylation is 2. The average Bonchev–Trinajstić information content (AvgIpc) is 2.53. The number of aliphatic hydroxyl groups is 1. The molecule has 0 aliphatic rings. The van der Waals surface area contributed by atoms with E-state index in [0.29, 0.717) is 6.54 Å². The second kappa shape index (κ2) is 6.64. The maximum absolute atomic E-state index is 9.20. The lowest BCUT2D eigenvalue weighted by molar-refractivity contribution is 0.275. The van der Waals surface area contributed by atoms with E-state index in [4.69, 9.17) is 11.6 Å². The van der Waals surface area contributed by atoms with Crippen molar-refractivity contribution in [2.75, 3.05) is 12.9 Å². The summed E-state index contributed by atoms with van der Waals surface area (Å²) in [7, 11) is 1.89. The lowest BCUT2D eigenvalue weighted by Gasteiger charge is -2.21. The molecule has 2 unspecified atom stereocenters. The van der Waals surface area contributed by atoms with Crippen molar-refractivity contribution in [2.24, 2.45) is 7.05 Å². The standard InChI is InChI=1S/C11H20ClN3OS/c1-7(10(6-16)17-4)13-5-9-11(12)8(2)14-15(9)3/h7,10,13,16H,5-6H2,1-4H3. The molecule has 6 heteroatoms. The van der Waals surface area contributed by atoms with E-state index in [-0.39, 0.29) is 17.9 Å². The third-order valence-corrected chi connectivity index (χ3v) is 4.55. The quantitative estimate of drug-likeness (QED) is 0.829. The first kappa shape index (κ1) is 14.8. The Bertz CT molecular complexity index is 366. The van der Waals surface area contributed by atoms with Crippen LogP contribution in [0.2, 0.25) is 5.02 Å². The van der Waals surface area contributed by atoms with Gasteiger partial charge in [-0.05, 0) is 20.1 Å². The highest BCUT2D eigenvalue weighted by Crippen LogP contribution is 2.19. The van der Waals surface area contributed by atoms with Crippen molar-refractivity contribution in [3.05, 3.63) is 16.4 Å². The normalized spacial score (nSPS) is 14.9. The summed E-state index contributed by atoms with van der Waals surface area (Å²) >= 11 is 7.83. The lowest BCUT2D eigenvalue weighted by Crippen LogP contribution is -2.37. The van der Waals surface area contributed by atoms with Gasteiger partial charge >= 0.3 is 0 Å². The third kappa shape index (κ3) is 3.61. The number of hydrogen-bond donors (Lipinski definition) is 2. The Hall–Kier alpha value is -0.230. The monoisotopic (exact) mass is 277 g/mol. The molecule has 98 valence electrons. The average molecular weight is 278 g/mol. The summed E-state index contributed by atoms with van der Waals surface area (Å²) in [6.45, 7) is 4.80. The van der Waals surface area contributed by atoms with Gasteiger partial charge in [0, 0.05) is 24.9 Å². The number of aliphatic hydroxyl groups excluding tert-OH is 1. The fourth-order valence-electron chi connectivity index (χ4n) is 1.70. The molecule has 0 aliphatic heterocycles. The summed E-state index contributed by atoms with van der Waals surface area (Å²) in [5.41, 5.74) is 1.83. The van der Waals surface area contributed by atoms with Gasteiger partial charge < -0.3 is 10.4 Å². The number of nitrogens with one attached hydrogen (secondary N) is 1. The van der Waals surface area contributed by atoms with Gasteiger partial charge in [0.25, 0.3) is 0 Å². The highest BCUT2D eigenvalue weighted by Gasteiger charge is 2.17. The summed E-state index contributed by atoms with van der Waals surface area (Å²) in [5.74, 6) is 0. The van der Waals surface area contributed by atoms with Crippen LogP contribution in [0.3, 0.4) is 0 Å². The molecule has 0 amide bonds. The van der Waals surface area contributed by atoms with E-state index in [1.807, 2.05) is 20.2 Å². The van der Waals surface area contributed by atoms with Crippen molar-refractivity contribution < 1.29 is 5.11 Å². The Kier molecular flexibility index (Phi) is 5.79. The van der Waals surface area contributed by atoms with E-state index < -0.39 is 0 Å². The molecule has 0 aliphatic carbocycles. The van der Waals surface area contributed by atoms with E-state index in [1.54, 1.807) is 16.4 Å². The first-order valence-corrected chi connectivity index (χ1v) is 7.22. The SMILES string of the molecule is CSC(CO)C(C)NCc1c(Cl)c(C)nn1C. The smallest absolute Gasteiger partial charge is 0.0860 e. The van der Waals surface area contributed by atoms with Gasteiger partial charge in [0.2, 0.25) is 0 Å². The fraction of sp³-hybridized carbons (Fsp3) is 0.727. The molecule has 0 bridgehead atoms. The molecule has 0 fully saturated rings. The Labute approximate surface area is 112 Å². The molecule has 4 nitrogen and oxygen atoms in total. The van der Waals surface area contributed by atoms with E-state index in [0.717, 1.165) is 16.4 Å². The van der Waals surface area contributed by atoms with Crippen molar-refractivity contribution in [3.8, 4) is 0 Å². The Morgan fingerprint density at radius 3 is 2.65 bits per heavy atom. The Balaban J connectivity index is 2.61. The van der Waals surface area contributed by atoms with E-state index in [1.165, 1.54) is 0 Å². The van der Waals surface area contributed by atoms with Crippen LogP contribution in [0.5, 0.6) is 0 Å². The maximum Gasteiger partial charge on any atom is 0.0860 e. The molecule has 1 heterocycles. The molecule has 1 rings (SSSR count). The zero-order chi connectivity index (χ0) is 13.0. The van der Waals surface area contributed by atoms with Crippen LogP contribution in [0.1, 0.15) is 18.3 Å². The van der Waals surface area contributed by atoms with Gasteiger partial charge in [0.1, 0.15) is 0 Å². The number of rotatable bonds is 6. The van der Waals surface area contributed by atoms with Gasteiger partial charge in [-0.2, -0.15) is 16.9 Å². The van der Waals surface area contributed by atoms with Gasteiger partial charge in [0.05, 0.1) is 23.0 Å². The minimum Gasteiger partial charge on any atom is -0.395 e. The number of halogens is 1. The Morgan fingerprint density at radius 2 is 2.24 bits per heavy atom. The third-order valence-electron chi connectivity index (χ3n) is 2.89. The zero-order valence-corrected chi connectivity index (χ0v) is 12.3. The van der Waals surface area contributed by atoms with Crippen LogP contribution in [-0.4, -0.2) is 39.0 Å². The molecule has 1 aromatic heterocycles. The molecular formula is C11H20ClN3OS. The Morgan fingerprint density at radius 1 is 1.59 bits per heavy atom. The molecule has 0 saturated heterocycles. The van der Waals surface area contributed by atoms with Crippen molar-refractivity contribution in [3.63, 3.8) is 0 Å². The number of aromatic nitrogens is 2. The fourth-order valence-corrected chi connectivity index (χ4v) is 2.58. The van der Waals surface area contributed by atoms with Crippen LogP contribution in [0.25, 0.3) is 0 Å². The first-order chi connectivity index (χ1) is 8.01. The molecule has 0 aromatic carbocycles.